The third-order valence-corrected chi connectivity index (χ3v) is 7.04. The lowest BCUT2D eigenvalue weighted by Crippen LogP contribution is -2.50. The lowest BCUT2D eigenvalue weighted by atomic mass is 10.1. The van der Waals surface area contributed by atoms with Crippen LogP contribution in [0.3, 0.4) is 0 Å². The van der Waals surface area contributed by atoms with Gasteiger partial charge in [-0.1, -0.05) is 12.1 Å². The maximum Gasteiger partial charge on any atom is 0.239 e. The van der Waals surface area contributed by atoms with E-state index in [9.17, 15) is 13.2 Å². The van der Waals surface area contributed by atoms with Gasteiger partial charge in [0.25, 0.3) is 0 Å². The Bertz CT molecular complexity index is 755. The Morgan fingerprint density at radius 1 is 1.14 bits per heavy atom. The van der Waals surface area contributed by atoms with Crippen LogP contribution in [-0.4, -0.2) is 75.1 Å². The van der Waals surface area contributed by atoms with E-state index in [0.717, 1.165) is 12.1 Å². The lowest BCUT2D eigenvalue weighted by molar-refractivity contribution is -0.127. The number of amides is 1. The van der Waals surface area contributed by atoms with Gasteiger partial charge in [-0.2, -0.15) is 4.31 Å². The summed E-state index contributed by atoms with van der Waals surface area (Å²) in [5, 5.41) is 0. The van der Waals surface area contributed by atoms with E-state index in [2.05, 4.69) is 11.0 Å². The predicted octanol–water partition coefficient (Wildman–Crippen LogP) is 1.10. The third-order valence-electron chi connectivity index (χ3n) is 5.28. The molecule has 1 aromatic rings. The zero-order chi connectivity index (χ0) is 18.7. The van der Waals surface area contributed by atoms with E-state index in [0.29, 0.717) is 51.7 Å². The first-order valence-corrected chi connectivity index (χ1v) is 10.8. The molecule has 1 atom stereocenters. The van der Waals surface area contributed by atoms with Crippen LogP contribution in [0.5, 0.6) is 0 Å². The Labute approximate surface area is 180 Å². The molecule has 10 heteroatoms. The van der Waals surface area contributed by atoms with Gasteiger partial charge in [0.2, 0.25) is 15.9 Å². The number of nitrogens with zero attached hydrogens (tertiary/aromatic N) is 3. The van der Waals surface area contributed by atoms with Crippen LogP contribution in [0.15, 0.2) is 24.3 Å². The minimum Gasteiger partial charge on any atom is -0.369 e. The molecule has 160 valence electrons. The van der Waals surface area contributed by atoms with E-state index >= 15 is 0 Å². The normalized spacial score (nSPS) is 20.4. The topological polar surface area (TPSA) is 87.0 Å². The van der Waals surface area contributed by atoms with Crippen LogP contribution >= 0.6 is 24.8 Å². The van der Waals surface area contributed by atoms with Crippen LogP contribution in [0.1, 0.15) is 12.0 Å². The van der Waals surface area contributed by atoms with Crippen molar-refractivity contribution in [1.82, 2.24) is 9.21 Å². The largest absolute Gasteiger partial charge is 0.369 e. The molecule has 2 N–H and O–H groups in total. The first-order valence-electron chi connectivity index (χ1n) is 9.16. The van der Waals surface area contributed by atoms with Gasteiger partial charge in [0.15, 0.2) is 0 Å². The summed E-state index contributed by atoms with van der Waals surface area (Å²) in [6, 6.07) is 8.21. The van der Waals surface area contributed by atoms with Crippen molar-refractivity contribution in [3.05, 3.63) is 29.8 Å². The fraction of sp³-hybridized carbons (Fsp3) is 0.611. The highest BCUT2D eigenvalue weighted by molar-refractivity contribution is 7.89. The van der Waals surface area contributed by atoms with Crippen molar-refractivity contribution in [3.63, 3.8) is 0 Å². The third kappa shape index (κ3) is 5.97. The molecule has 0 spiro atoms. The second-order valence-corrected chi connectivity index (χ2v) is 9.18. The highest BCUT2D eigenvalue weighted by Crippen LogP contribution is 2.20. The van der Waals surface area contributed by atoms with Crippen LogP contribution in [0.2, 0.25) is 0 Å². The quantitative estimate of drug-likeness (QED) is 0.722. The summed E-state index contributed by atoms with van der Waals surface area (Å²) in [5.41, 5.74) is 7.94. The van der Waals surface area contributed by atoms with E-state index < -0.39 is 15.8 Å². The average molecular weight is 453 g/mol. The number of nitrogens with two attached hydrogens (primary N) is 1. The molecule has 2 aliphatic rings. The number of carbonyl (C=O) groups excluding carboxylic acids is 1. The maximum absolute atomic E-state index is 12.6. The number of halogens is 2. The first-order chi connectivity index (χ1) is 12.4. The van der Waals surface area contributed by atoms with Gasteiger partial charge in [-0.15, -0.1) is 24.8 Å². The smallest absolute Gasteiger partial charge is 0.239 e. The maximum atomic E-state index is 12.6. The molecule has 1 unspecified atom stereocenters. The lowest BCUT2D eigenvalue weighted by Gasteiger charge is -2.35. The second kappa shape index (κ2) is 10.6. The zero-order valence-corrected chi connectivity index (χ0v) is 18.6. The molecule has 0 bridgehead atoms. The summed E-state index contributed by atoms with van der Waals surface area (Å²) in [6.07, 6.45) is 0.859. The van der Waals surface area contributed by atoms with Crippen LogP contribution in [0.4, 0.5) is 5.69 Å². The zero-order valence-electron chi connectivity index (χ0n) is 16.1. The molecule has 1 aromatic carbocycles. The highest BCUT2D eigenvalue weighted by atomic mass is 35.5. The van der Waals surface area contributed by atoms with E-state index in [-0.39, 0.29) is 30.7 Å². The fourth-order valence-electron chi connectivity index (χ4n) is 3.64. The van der Waals surface area contributed by atoms with Crippen molar-refractivity contribution < 1.29 is 13.2 Å². The number of hydrogen-bond donors (Lipinski definition) is 1. The molecular formula is C18H30Cl2N4O3S. The SMILES string of the molecule is Cc1cccc(N2CCN(S(=O)(=O)CC(=O)N3CCC(CN)C3)CC2)c1.Cl.Cl. The second-order valence-electron chi connectivity index (χ2n) is 7.21. The standard InChI is InChI=1S/C18H28N4O3S.2ClH/c1-15-3-2-4-17(11-15)20-7-9-22(10-8-20)26(24,25)14-18(23)21-6-5-16(12-19)13-21;;/h2-4,11,16H,5-10,12-14,19H2,1H3;2*1H. The van der Waals surface area contributed by atoms with Crippen molar-refractivity contribution in [2.45, 2.75) is 13.3 Å². The van der Waals surface area contributed by atoms with E-state index in [1.165, 1.54) is 9.87 Å². The van der Waals surface area contributed by atoms with Gasteiger partial charge in [-0.3, -0.25) is 4.79 Å². The van der Waals surface area contributed by atoms with Gasteiger partial charge in [-0.05, 0) is 43.5 Å². The average Bonchev–Trinajstić information content (AvgIpc) is 3.11. The molecular weight excluding hydrogens is 423 g/mol. The van der Waals surface area contributed by atoms with Crippen molar-refractivity contribution in [1.29, 1.82) is 0 Å². The molecule has 0 aliphatic carbocycles. The van der Waals surface area contributed by atoms with Gasteiger partial charge >= 0.3 is 0 Å². The highest BCUT2D eigenvalue weighted by Gasteiger charge is 2.33. The Balaban J connectivity index is 0.00000196. The summed E-state index contributed by atoms with van der Waals surface area (Å²) in [7, 11) is -3.57. The van der Waals surface area contributed by atoms with E-state index in [1.54, 1.807) is 4.90 Å². The monoisotopic (exact) mass is 452 g/mol. The van der Waals surface area contributed by atoms with Crippen molar-refractivity contribution in [2.75, 3.05) is 56.5 Å². The first kappa shape index (κ1) is 25.0. The van der Waals surface area contributed by atoms with Crippen LogP contribution in [-0.2, 0) is 14.8 Å². The Morgan fingerprint density at radius 2 is 1.82 bits per heavy atom. The van der Waals surface area contributed by atoms with Gasteiger partial charge in [0.05, 0.1) is 0 Å². The Hall–Kier alpha value is -1.06. The molecule has 0 aromatic heterocycles. The molecule has 0 saturated carbocycles. The van der Waals surface area contributed by atoms with Crippen LogP contribution < -0.4 is 10.6 Å². The Kier molecular flexibility index (Phi) is 9.49. The summed E-state index contributed by atoms with van der Waals surface area (Å²) in [5.74, 6) is -0.448. The molecule has 2 heterocycles. The number of likely N-dealkylation sites (tertiary alicyclic amines) is 1. The van der Waals surface area contributed by atoms with E-state index in [4.69, 9.17) is 5.73 Å². The molecule has 2 saturated heterocycles. The molecule has 0 radical (unpaired) electrons. The Morgan fingerprint density at radius 3 is 2.39 bits per heavy atom. The summed E-state index contributed by atoms with van der Waals surface area (Å²) in [6.45, 7) is 5.86. The molecule has 2 fully saturated rings. The number of aryl methyl sites for hydroxylation is 1. The van der Waals surface area contributed by atoms with Crippen molar-refractivity contribution in [2.24, 2.45) is 11.7 Å². The van der Waals surface area contributed by atoms with Gasteiger partial charge < -0.3 is 15.5 Å². The fourth-order valence-corrected chi connectivity index (χ4v) is 5.04. The summed E-state index contributed by atoms with van der Waals surface area (Å²) in [4.78, 5) is 16.2. The molecule has 7 nitrogen and oxygen atoms in total. The number of sulfonamides is 1. The van der Waals surface area contributed by atoms with Crippen molar-refractivity contribution >= 4 is 46.4 Å². The van der Waals surface area contributed by atoms with Gasteiger partial charge in [0, 0.05) is 45.0 Å². The molecule has 1 amide bonds. The summed E-state index contributed by atoms with van der Waals surface area (Å²) < 4.78 is 26.7. The number of piperazine rings is 1. The van der Waals surface area contributed by atoms with Crippen LogP contribution in [0.25, 0.3) is 0 Å². The number of rotatable bonds is 5. The number of anilines is 1. The predicted molar refractivity (Wildman–Crippen MR) is 117 cm³/mol. The van der Waals surface area contributed by atoms with Gasteiger partial charge in [-0.25, -0.2) is 8.42 Å². The van der Waals surface area contributed by atoms with Crippen molar-refractivity contribution in [3.8, 4) is 0 Å². The molecule has 28 heavy (non-hydrogen) atoms. The number of benzene rings is 1. The molecule has 3 rings (SSSR count). The number of carbonyl (C=O) groups is 1. The minimum absolute atomic E-state index is 0. The van der Waals surface area contributed by atoms with E-state index in [1.807, 2.05) is 25.1 Å². The summed E-state index contributed by atoms with van der Waals surface area (Å²) >= 11 is 0. The molecule has 2 aliphatic heterocycles. The minimum atomic E-state index is -3.57. The van der Waals surface area contributed by atoms with Crippen LogP contribution in [0, 0.1) is 12.8 Å². The van der Waals surface area contributed by atoms with Gasteiger partial charge in [0.1, 0.15) is 5.75 Å². The number of hydrogen-bond acceptors (Lipinski definition) is 5.